The van der Waals surface area contributed by atoms with Crippen molar-refractivity contribution >= 4 is 44.0 Å². The Hall–Kier alpha value is -2.32. The van der Waals surface area contributed by atoms with Crippen LogP contribution in [0.3, 0.4) is 0 Å². The van der Waals surface area contributed by atoms with Crippen molar-refractivity contribution in [1.82, 2.24) is 0 Å². The molecule has 4 rings (SSSR count). The normalized spacial score (nSPS) is 22.4. The van der Waals surface area contributed by atoms with E-state index in [2.05, 4.69) is 15.6 Å². The SMILES string of the molecule is Cc1ccc(NC(=O)c2ccc(NC3=N[C@@H]4CS(=O)(=O)C[C@@H]4S3)cc2)cc1C. The molecule has 146 valence electrons. The highest BCUT2D eigenvalue weighted by Gasteiger charge is 2.42. The molecule has 2 N–H and O–H groups in total. The molecule has 2 aromatic rings. The lowest BCUT2D eigenvalue weighted by atomic mass is 10.1. The maximum atomic E-state index is 12.4. The van der Waals surface area contributed by atoms with Gasteiger partial charge in [-0.25, -0.2) is 8.42 Å². The van der Waals surface area contributed by atoms with Gasteiger partial charge in [-0.15, -0.1) is 0 Å². The summed E-state index contributed by atoms with van der Waals surface area (Å²) in [7, 11) is -2.95. The molecule has 1 fully saturated rings. The molecule has 2 aromatic carbocycles. The molecule has 2 atom stereocenters. The zero-order valence-corrected chi connectivity index (χ0v) is 17.2. The molecule has 2 heterocycles. The lowest BCUT2D eigenvalue weighted by Gasteiger charge is -2.09. The van der Waals surface area contributed by atoms with Crippen LogP contribution in [-0.2, 0) is 9.84 Å². The number of fused-ring (bicyclic) bond motifs is 1. The number of aryl methyl sites for hydroxylation is 2. The number of hydrogen-bond donors (Lipinski definition) is 2. The number of sulfone groups is 1. The van der Waals surface area contributed by atoms with Crippen LogP contribution in [0.4, 0.5) is 11.4 Å². The smallest absolute Gasteiger partial charge is 0.255 e. The Kier molecular flexibility index (Phi) is 4.93. The molecule has 0 saturated carbocycles. The largest absolute Gasteiger partial charge is 0.335 e. The van der Waals surface area contributed by atoms with Crippen molar-refractivity contribution in [1.29, 1.82) is 0 Å². The maximum absolute atomic E-state index is 12.4. The number of rotatable bonds is 3. The van der Waals surface area contributed by atoms with Gasteiger partial charge in [0.2, 0.25) is 0 Å². The van der Waals surface area contributed by atoms with Crippen molar-refractivity contribution in [3.63, 3.8) is 0 Å². The zero-order chi connectivity index (χ0) is 19.9. The van der Waals surface area contributed by atoms with E-state index in [1.165, 1.54) is 17.3 Å². The molecular formula is C20H21N3O3S2. The summed E-state index contributed by atoms with van der Waals surface area (Å²) in [6.07, 6.45) is 0. The van der Waals surface area contributed by atoms with Crippen molar-refractivity contribution in [3.05, 3.63) is 59.2 Å². The minimum absolute atomic E-state index is 0.00974. The number of aliphatic imine (C=N–C) groups is 1. The molecule has 0 aliphatic carbocycles. The Labute approximate surface area is 168 Å². The van der Waals surface area contributed by atoms with Gasteiger partial charge in [-0.05, 0) is 61.4 Å². The van der Waals surface area contributed by atoms with Gasteiger partial charge in [-0.2, -0.15) is 0 Å². The number of amidine groups is 1. The molecule has 1 saturated heterocycles. The number of anilines is 2. The zero-order valence-electron chi connectivity index (χ0n) is 15.6. The fraction of sp³-hybridized carbons (Fsp3) is 0.300. The van der Waals surface area contributed by atoms with Crippen LogP contribution in [0.25, 0.3) is 0 Å². The van der Waals surface area contributed by atoms with Gasteiger partial charge in [0, 0.05) is 22.2 Å². The van der Waals surface area contributed by atoms with Crippen LogP contribution in [0.1, 0.15) is 21.5 Å². The number of hydrogen-bond acceptors (Lipinski definition) is 6. The monoisotopic (exact) mass is 415 g/mol. The highest BCUT2D eigenvalue weighted by atomic mass is 32.2. The lowest BCUT2D eigenvalue weighted by Crippen LogP contribution is -2.13. The first-order valence-corrected chi connectivity index (χ1v) is 11.7. The molecule has 0 radical (unpaired) electrons. The van der Waals surface area contributed by atoms with E-state index >= 15 is 0 Å². The van der Waals surface area contributed by atoms with Gasteiger partial charge in [0.25, 0.3) is 5.91 Å². The van der Waals surface area contributed by atoms with Crippen LogP contribution >= 0.6 is 11.8 Å². The van der Waals surface area contributed by atoms with E-state index in [0.29, 0.717) is 5.56 Å². The molecule has 0 unspecified atom stereocenters. The number of carbonyl (C=O) groups is 1. The molecule has 0 aromatic heterocycles. The maximum Gasteiger partial charge on any atom is 0.255 e. The van der Waals surface area contributed by atoms with Gasteiger partial charge in [-0.1, -0.05) is 17.8 Å². The molecule has 0 spiro atoms. The first-order chi connectivity index (χ1) is 13.3. The van der Waals surface area contributed by atoms with Crippen LogP contribution in [-0.4, -0.2) is 42.3 Å². The van der Waals surface area contributed by atoms with Gasteiger partial charge < -0.3 is 10.6 Å². The third-order valence-electron chi connectivity index (χ3n) is 4.98. The summed E-state index contributed by atoms with van der Waals surface area (Å²) < 4.78 is 23.3. The molecule has 2 aliphatic heterocycles. The van der Waals surface area contributed by atoms with Crippen LogP contribution < -0.4 is 10.6 Å². The predicted molar refractivity (Wildman–Crippen MR) is 115 cm³/mol. The second-order valence-electron chi connectivity index (χ2n) is 7.19. The predicted octanol–water partition coefficient (Wildman–Crippen LogP) is 3.24. The van der Waals surface area contributed by atoms with E-state index in [-0.39, 0.29) is 28.7 Å². The molecule has 8 heteroatoms. The van der Waals surface area contributed by atoms with Gasteiger partial charge in [0.1, 0.15) is 0 Å². The van der Waals surface area contributed by atoms with Crippen LogP contribution in [0, 0.1) is 13.8 Å². The second kappa shape index (κ2) is 7.25. The lowest BCUT2D eigenvalue weighted by molar-refractivity contribution is 0.102. The summed E-state index contributed by atoms with van der Waals surface area (Å²) in [6, 6.07) is 12.8. The first-order valence-electron chi connectivity index (χ1n) is 9.00. The van der Waals surface area contributed by atoms with Crippen molar-refractivity contribution in [2.75, 3.05) is 22.1 Å². The quantitative estimate of drug-likeness (QED) is 0.804. The fourth-order valence-corrected chi connectivity index (χ4v) is 6.94. The third kappa shape index (κ3) is 4.07. The number of amides is 1. The summed E-state index contributed by atoms with van der Waals surface area (Å²) in [5.74, 6) is 0.157. The Morgan fingerprint density at radius 1 is 1.04 bits per heavy atom. The summed E-state index contributed by atoms with van der Waals surface area (Å²) in [6.45, 7) is 4.05. The molecule has 0 bridgehead atoms. The van der Waals surface area contributed by atoms with Crippen molar-refractivity contribution < 1.29 is 13.2 Å². The van der Waals surface area contributed by atoms with E-state index < -0.39 is 9.84 Å². The van der Waals surface area contributed by atoms with Crippen LogP contribution in [0.15, 0.2) is 47.5 Å². The minimum Gasteiger partial charge on any atom is -0.335 e. The van der Waals surface area contributed by atoms with Crippen molar-refractivity contribution in [3.8, 4) is 0 Å². The van der Waals surface area contributed by atoms with E-state index in [4.69, 9.17) is 0 Å². The Bertz CT molecular complexity index is 1060. The number of nitrogens with zero attached hydrogens (tertiary/aromatic N) is 1. The van der Waals surface area contributed by atoms with Crippen LogP contribution in [0.2, 0.25) is 0 Å². The van der Waals surface area contributed by atoms with E-state index in [9.17, 15) is 13.2 Å². The summed E-state index contributed by atoms with van der Waals surface area (Å²) in [5, 5.41) is 6.87. The summed E-state index contributed by atoms with van der Waals surface area (Å²) in [4.78, 5) is 16.9. The fourth-order valence-electron chi connectivity index (χ4n) is 3.27. The van der Waals surface area contributed by atoms with E-state index in [0.717, 1.165) is 22.1 Å². The average molecular weight is 416 g/mol. The molecule has 28 heavy (non-hydrogen) atoms. The summed E-state index contributed by atoms with van der Waals surface area (Å²) in [5.41, 5.74) is 4.46. The van der Waals surface area contributed by atoms with Gasteiger partial charge in [0.15, 0.2) is 15.0 Å². The topological polar surface area (TPSA) is 87.6 Å². The average Bonchev–Trinajstić information content (AvgIpc) is 3.11. The highest BCUT2D eigenvalue weighted by Crippen LogP contribution is 2.34. The first kappa shape index (κ1) is 19.0. The Morgan fingerprint density at radius 2 is 1.75 bits per heavy atom. The van der Waals surface area contributed by atoms with E-state index in [1.807, 2.05) is 44.2 Å². The Balaban J connectivity index is 1.39. The number of thioether (sulfide) groups is 1. The Morgan fingerprint density at radius 3 is 2.43 bits per heavy atom. The van der Waals surface area contributed by atoms with E-state index in [1.54, 1.807) is 12.1 Å². The molecule has 2 aliphatic rings. The number of nitrogens with one attached hydrogen (secondary N) is 2. The van der Waals surface area contributed by atoms with Crippen LogP contribution in [0.5, 0.6) is 0 Å². The van der Waals surface area contributed by atoms with Crippen molar-refractivity contribution in [2.45, 2.75) is 25.1 Å². The number of carbonyl (C=O) groups excluding carboxylic acids is 1. The highest BCUT2D eigenvalue weighted by molar-refractivity contribution is 8.15. The van der Waals surface area contributed by atoms with Gasteiger partial charge in [-0.3, -0.25) is 9.79 Å². The summed E-state index contributed by atoms with van der Waals surface area (Å²) >= 11 is 1.47. The molecule has 6 nitrogen and oxygen atoms in total. The molecule has 1 amide bonds. The van der Waals surface area contributed by atoms with Gasteiger partial charge in [0.05, 0.1) is 17.5 Å². The van der Waals surface area contributed by atoms with Gasteiger partial charge >= 0.3 is 0 Å². The second-order valence-corrected chi connectivity index (χ2v) is 10.6. The standard InChI is InChI=1S/C20H21N3O3S2/c1-12-3-6-16(9-13(12)2)21-19(24)14-4-7-15(8-5-14)22-20-23-17-10-28(25,26)11-18(17)27-20/h3-9,17-18H,10-11H2,1-2H3,(H,21,24)(H,22,23)/t17-,18+/m1/s1. The molecular weight excluding hydrogens is 394 g/mol. The number of benzene rings is 2. The third-order valence-corrected chi connectivity index (χ3v) is 8.12. The minimum atomic E-state index is -2.95. The van der Waals surface area contributed by atoms with Crippen molar-refractivity contribution in [2.24, 2.45) is 4.99 Å².